The first-order chi connectivity index (χ1) is 11.5. The zero-order valence-electron chi connectivity index (χ0n) is 13.8. The third-order valence-electron chi connectivity index (χ3n) is 3.27. The maximum absolute atomic E-state index is 11.8. The van der Waals surface area contributed by atoms with Crippen LogP contribution in [0, 0.1) is 13.8 Å². The molecule has 126 valence electrons. The molecule has 0 saturated carbocycles. The predicted molar refractivity (Wildman–Crippen MR) is 97.8 cm³/mol. The summed E-state index contributed by atoms with van der Waals surface area (Å²) < 4.78 is 11.5. The number of ether oxygens (including phenoxy) is 2. The first kappa shape index (κ1) is 18.0. The Morgan fingerprint density at radius 3 is 2.62 bits per heavy atom. The van der Waals surface area contributed by atoms with Crippen molar-refractivity contribution in [3.05, 3.63) is 57.6 Å². The SMILES string of the molecule is COc1ccc(/C=N/NC(=O)COc2ccc(C)cc2C)cc1Br. The van der Waals surface area contributed by atoms with E-state index in [0.29, 0.717) is 5.75 Å². The highest BCUT2D eigenvalue weighted by molar-refractivity contribution is 9.10. The summed E-state index contributed by atoms with van der Waals surface area (Å²) >= 11 is 3.40. The van der Waals surface area contributed by atoms with Crippen molar-refractivity contribution in [3.63, 3.8) is 0 Å². The Morgan fingerprint density at radius 2 is 1.96 bits per heavy atom. The fourth-order valence-corrected chi connectivity index (χ4v) is 2.64. The molecule has 0 spiro atoms. The van der Waals surface area contributed by atoms with E-state index in [4.69, 9.17) is 9.47 Å². The van der Waals surface area contributed by atoms with Gasteiger partial charge in [-0.2, -0.15) is 5.10 Å². The number of halogens is 1. The van der Waals surface area contributed by atoms with Crippen LogP contribution < -0.4 is 14.9 Å². The Labute approximate surface area is 149 Å². The molecule has 0 bridgehead atoms. The van der Waals surface area contributed by atoms with Crippen molar-refractivity contribution in [2.75, 3.05) is 13.7 Å². The summed E-state index contributed by atoms with van der Waals surface area (Å²) in [6.45, 7) is 3.86. The fraction of sp³-hybridized carbons (Fsp3) is 0.222. The number of benzene rings is 2. The molecule has 0 aromatic heterocycles. The normalized spacial score (nSPS) is 10.7. The predicted octanol–water partition coefficient (Wildman–Crippen LogP) is 3.60. The summed E-state index contributed by atoms with van der Waals surface area (Å²) in [6, 6.07) is 11.3. The van der Waals surface area contributed by atoms with E-state index in [-0.39, 0.29) is 12.5 Å². The van der Waals surface area contributed by atoms with Gasteiger partial charge in [-0.1, -0.05) is 17.7 Å². The molecule has 1 N–H and O–H groups in total. The number of nitrogens with zero attached hydrogens (tertiary/aromatic N) is 1. The summed E-state index contributed by atoms with van der Waals surface area (Å²) in [5, 5.41) is 3.92. The fourth-order valence-electron chi connectivity index (χ4n) is 2.08. The summed E-state index contributed by atoms with van der Waals surface area (Å²) in [7, 11) is 1.60. The molecular weight excluding hydrogens is 372 g/mol. The molecule has 6 heteroatoms. The topological polar surface area (TPSA) is 59.9 Å². The van der Waals surface area contributed by atoms with Gasteiger partial charge in [-0.05, 0) is 65.2 Å². The van der Waals surface area contributed by atoms with Crippen LogP contribution in [0.1, 0.15) is 16.7 Å². The average Bonchev–Trinajstić information content (AvgIpc) is 2.54. The smallest absolute Gasteiger partial charge is 0.277 e. The maximum atomic E-state index is 11.8. The van der Waals surface area contributed by atoms with Crippen molar-refractivity contribution in [2.24, 2.45) is 5.10 Å². The van der Waals surface area contributed by atoms with Gasteiger partial charge in [-0.3, -0.25) is 4.79 Å². The molecule has 0 atom stereocenters. The molecule has 24 heavy (non-hydrogen) atoms. The van der Waals surface area contributed by atoms with E-state index in [9.17, 15) is 4.79 Å². The van der Waals surface area contributed by atoms with Gasteiger partial charge in [-0.25, -0.2) is 5.43 Å². The van der Waals surface area contributed by atoms with Crippen LogP contribution in [0.2, 0.25) is 0 Å². The van der Waals surface area contributed by atoms with Gasteiger partial charge >= 0.3 is 0 Å². The van der Waals surface area contributed by atoms with Crippen LogP contribution >= 0.6 is 15.9 Å². The van der Waals surface area contributed by atoms with Gasteiger partial charge in [0.1, 0.15) is 11.5 Å². The number of hydrogen-bond acceptors (Lipinski definition) is 4. The molecule has 2 aromatic rings. The molecule has 0 saturated heterocycles. The number of methoxy groups -OCH3 is 1. The first-order valence-electron chi connectivity index (χ1n) is 7.35. The summed E-state index contributed by atoms with van der Waals surface area (Å²) in [4.78, 5) is 11.8. The second-order valence-corrected chi connectivity index (χ2v) is 6.10. The summed E-state index contributed by atoms with van der Waals surface area (Å²) in [6.07, 6.45) is 1.55. The second kappa shape index (κ2) is 8.49. The number of rotatable bonds is 6. The minimum absolute atomic E-state index is 0.0897. The Hall–Kier alpha value is -2.34. The molecule has 1 amide bonds. The van der Waals surface area contributed by atoms with Crippen molar-refractivity contribution in [2.45, 2.75) is 13.8 Å². The van der Waals surface area contributed by atoms with Crippen molar-refractivity contribution in [3.8, 4) is 11.5 Å². The number of carbonyl (C=O) groups excluding carboxylic acids is 1. The van der Waals surface area contributed by atoms with Gasteiger partial charge in [0.15, 0.2) is 6.61 Å². The van der Waals surface area contributed by atoms with E-state index in [2.05, 4.69) is 26.5 Å². The van der Waals surface area contributed by atoms with E-state index in [1.54, 1.807) is 13.3 Å². The van der Waals surface area contributed by atoms with Crippen LogP contribution in [0.3, 0.4) is 0 Å². The second-order valence-electron chi connectivity index (χ2n) is 5.24. The summed E-state index contributed by atoms with van der Waals surface area (Å²) in [5.41, 5.74) is 5.42. The van der Waals surface area contributed by atoms with Crippen LogP contribution in [0.5, 0.6) is 11.5 Å². The molecular formula is C18H19BrN2O3. The van der Waals surface area contributed by atoms with Crippen LogP contribution in [0.25, 0.3) is 0 Å². The largest absolute Gasteiger partial charge is 0.496 e. The maximum Gasteiger partial charge on any atom is 0.277 e. The van der Waals surface area contributed by atoms with Gasteiger partial charge in [0.25, 0.3) is 5.91 Å². The Kier molecular flexibility index (Phi) is 6.37. The number of aryl methyl sites for hydroxylation is 2. The Bertz CT molecular complexity index is 760. The van der Waals surface area contributed by atoms with Crippen molar-refractivity contribution < 1.29 is 14.3 Å². The molecule has 0 radical (unpaired) electrons. The minimum Gasteiger partial charge on any atom is -0.496 e. The lowest BCUT2D eigenvalue weighted by molar-refractivity contribution is -0.123. The Morgan fingerprint density at radius 1 is 1.21 bits per heavy atom. The quantitative estimate of drug-likeness (QED) is 0.605. The lowest BCUT2D eigenvalue weighted by Gasteiger charge is -2.08. The minimum atomic E-state index is -0.321. The highest BCUT2D eigenvalue weighted by atomic mass is 79.9. The molecule has 0 fully saturated rings. The molecule has 0 unspecified atom stereocenters. The standard InChI is InChI=1S/C18H19BrN2O3/c1-12-4-6-16(13(2)8-12)24-11-18(22)21-20-10-14-5-7-17(23-3)15(19)9-14/h4-10H,11H2,1-3H3,(H,21,22)/b20-10+. The van der Waals surface area contributed by atoms with Crippen molar-refractivity contribution in [1.82, 2.24) is 5.43 Å². The highest BCUT2D eigenvalue weighted by Gasteiger charge is 2.04. The van der Waals surface area contributed by atoms with Gasteiger partial charge < -0.3 is 9.47 Å². The molecule has 0 aliphatic carbocycles. The van der Waals surface area contributed by atoms with Gasteiger partial charge in [0, 0.05) is 0 Å². The van der Waals surface area contributed by atoms with E-state index in [0.717, 1.165) is 26.9 Å². The molecule has 2 rings (SSSR count). The third-order valence-corrected chi connectivity index (χ3v) is 3.89. The zero-order valence-corrected chi connectivity index (χ0v) is 15.4. The Balaban J connectivity index is 1.85. The number of nitrogens with one attached hydrogen (secondary N) is 1. The third kappa shape index (κ3) is 5.09. The first-order valence-corrected chi connectivity index (χ1v) is 8.14. The number of carbonyl (C=O) groups is 1. The molecule has 0 heterocycles. The highest BCUT2D eigenvalue weighted by Crippen LogP contribution is 2.24. The zero-order chi connectivity index (χ0) is 17.5. The van der Waals surface area contributed by atoms with Crippen LogP contribution in [0.4, 0.5) is 0 Å². The number of amides is 1. The van der Waals surface area contributed by atoms with Crippen molar-refractivity contribution >= 4 is 28.1 Å². The molecule has 2 aromatic carbocycles. The van der Waals surface area contributed by atoms with Gasteiger partial charge in [0.2, 0.25) is 0 Å². The average molecular weight is 391 g/mol. The number of hydrazone groups is 1. The monoisotopic (exact) mass is 390 g/mol. The van der Waals surface area contributed by atoms with Crippen LogP contribution in [0.15, 0.2) is 46.0 Å². The lowest BCUT2D eigenvalue weighted by Crippen LogP contribution is -2.24. The summed E-state index contributed by atoms with van der Waals surface area (Å²) in [5.74, 6) is 1.11. The molecule has 0 aliphatic heterocycles. The molecule has 0 aliphatic rings. The van der Waals surface area contributed by atoms with E-state index >= 15 is 0 Å². The van der Waals surface area contributed by atoms with Gasteiger partial charge in [-0.15, -0.1) is 0 Å². The van der Waals surface area contributed by atoms with Crippen molar-refractivity contribution in [1.29, 1.82) is 0 Å². The number of hydrogen-bond donors (Lipinski definition) is 1. The van der Waals surface area contributed by atoms with Gasteiger partial charge in [0.05, 0.1) is 17.8 Å². The van der Waals surface area contributed by atoms with E-state index in [1.807, 2.05) is 50.2 Å². The lowest BCUT2D eigenvalue weighted by atomic mass is 10.1. The van der Waals surface area contributed by atoms with E-state index in [1.165, 1.54) is 0 Å². The van der Waals surface area contributed by atoms with Crippen LogP contribution in [-0.2, 0) is 4.79 Å². The molecule has 5 nitrogen and oxygen atoms in total. The van der Waals surface area contributed by atoms with E-state index < -0.39 is 0 Å². The van der Waals surface area contributed by atoms with Crippen LogP contribution in [-0.4, -0.2) is 25.8 Å².